The molecule has 0 saturated carbocycles. The van der Waals surface area contributed by atoms with E-state index < -0.39 is 0 Å². The first kappa shape index (κ1) is 14.3. The molecule has 0 aromatic heterocycles. The van der Waals surface area contributed by atoms with E-state index in [-0.39, 0.29) is 12.1 Å². The number of ether oxygens (including phenoxy) is 1. The van der Waals surface area contributed by atoms with Gasteiger partial charge in [0.25, 0.3) is 0 Å². The largest absolute Gasteiger partial charge is 0.375 e. The average molecular weight is 242 g/mol. The van der Waals surface area contributed by atoms with E-state index in [2.05, 4.69) is 6.92 Å². The lowest BCUT2D eigenvalue weighted by atomic mass is 10.2. The third-order valence-corrected chi connectivity index (χ3v) is 3.22. The zero-order valence-electron chi connectivity index (χ0n) is 11.6. The van der Waals surface area contributed by atoms with Gasteiger partial charge < -0.3 is 14.5 Å². The van der Waals surface area contributed by atoms with E-state index in [0.717, 1.165) is 39.2 Å². The van der Waals surface area contributed by atoms with Gasteiger partial charge in [0.15, 0.2) is 0 Å². The number of hydrogen-bond donors (Lipinski definition) is 0. The highest BCUT2D eigenvalue weighted by molar-refractivity contribution is 5.75. The molecule has 0 aliphatic carbocycles. The second-order valence-corrected chi connectivity index (χ2v) is 4.60. The van der Waals surface area contributed by atoms with E-state index in [1.165, 1.54) is 0 Å². The van der Waals surface area contributed by atoms with Gasteiger partial charge in [-0.3, -0.25) is 0 Å². The Balaban J connectivity index is 0.000000686. The minimum Gasteiger partial charge on any atom is -0.375 e. The van der Waals surface area contributed by atoms with Gasteiger partial charge in [-0.1, -0.05) is 20.8 Å². The molecule has 2 aliphatic heterocycles. The summed E-state index contributed by atoms with van der Waals surface area (Å²) in [6, 6.07) is 0.204. The number of rotatable bonds is 2. The zero-order valence-corrected chi connectivity index (χ0v) is 11.6. The summed E-state index contributed by atoms with van der Waals surface area (Å²) in [7, 11) is 0. The summed E-state index contributed by atoms with van der Waals surface area (Å²) < 4.78 is 5.43. The predicted molar refractivity (Wildman–Crippen MR) is 69.1 cm³/mol. The predicted octanol–water partition coefficient (Wildman–Crippen LogP) is 2.20. The van der Waals surface area contributed by atoms with E-state index in [0.29, 0.717) is 5.92 Å². The zero-order chi connectivity index (χ0) is 12.8. The lowest BCUT2D eigenvalue weighted by Gasteiger charge is -2.40. The molecule has 2 amide bonds. The molecule has 4 nitrogen and oxygen atoms in total. The quantitative estimate of drug-likeness (QED) is 0.743. The van der Waals surface area contributed by atoms with Crippen molar-refractivity contribution >= 4 is 6.03 Å². The molecule has 0 N–H and O–H groups in total. The Morgan fingerprint density at radius 3 is 2.35 bits per heavy atom. The maximum Gasteiger partial charge on any atom is 0.320 e. The van der Waals surface area contributed by atoms with E-state index in [4.69, 9.17) is 4.74 Å². The van der Waals surface area contributed by atoms with Crippen LogP contribution in [0.1, 0.15) is 34.1 Å². The highest BCUT2D eigenvalue weighted by Gasteiger charge is 2.35. The van der Waals surface area contributed by atoms with E-state index in [1.807, 2.05) is 30.6 Å². The number of nitrogens with zero attached hydrogens (tertiary/aromatic N) is 2. The monoisotopic (exact) mass is 242 g/mol. The van der Waals surface area contributed by atoms with Crippen LogP contribution in [0.4, 0.5) is 4.79 Å². The molecule has 0 spiro atoms. The molecule has 0 bridgehead atoms. The van der Waals surface area contributed by atoms with Crippen molar-refractivity contribution in [2.45, 2.75) is 40.2 Å². The molecule has 1 unspecified atom stereocenters. The van der Waals surface area contributed by atoms with Gasteiger partial charge in [-0.05, 0) is 19.3 Å². The van der Waals surface area contributed by atoms with Crippen LogP contribution >= 0.6 is 0 Å². The smallest absolute Gasteiger partial charge is 0.320 e. The molecule has 2 heterocycles. The van der Waals surface area contributed by atoms with Crippen molar-refractivity contribution in [3.05, 3.63) is 0 Å². The van der Waals surface area contributed by atoms with Gasteiger partial charge in [0.2, 0.25) is 0 Å². The molecule has 17 heavy (non-hydrogen) atoms. The molecule has 2 saturated heterocycles. The second-order valence-electron chi connectivity index (χ2n) is 4.60. The Morgan fingerprint density at radius 2 is 1.88 bits per heavy atom. The number of carbonyl (C=O) groups is 1. The molecular formula is C13H26N2O2. The summed E-state index contributed by atoms with van der Waals surface area (Å²) >= 11 is 0. The van der Waals surface area contributed by atoms with Gasteiger partial charge in [0.05, 0.1) is 19.2 Å². The summed E-state index contributed by atoms with van der Waals surface area (Å²) in [5.41, 5.74) is 0. The van der Waals surface area contributed by atoms with Crippen molar-refractivity contribution < 1.29 is 9.53 Å². The molecule has 2 rings (SSSR count). The summed E-state index contributed by atoms with van der Waals surface area (Å²) in [5, 5.41) is 0. The van der Waals surface area contributed by atoms with Crippen LogP contribution in [0.3, 0.4) is 0 Å². The topological polar surface area (TPSA) is 32.8 Å². The van der Waals surface area contributed by atoms with Gasteiger partial charge in [0, 0.05) is 19.7 Å². The van der Waals surface area contributed by atoms with Crippen LogP contribution < -0.4 is 0 Å². The van der Waals surface area contributed by atoms with Crippen LogP contribution in [0.15, 0.2) is 0 Å². The molecule has 0 aromatic rings. The van der Waals surface area contributed by atoms with Crippen molar-refractivity contribution in [3.8, 4) is 0 Å². The third-order valence-electron chi connectivity index (χ3n) is 3.22. The average Bonchev–Trinajstić information content (AvgIpc) is 2.72. The van der Waals surface area contributed by atoms with Crippen molar-refractivity contribution in [3.63, 3.8) is 0 Å². The first-order valence-corrected chi connectivity index (χ1v) is 6.86. The number of hydrogen-bond acceptors (Lipinski definition) is 2. The molecule has 2 aliphatic rings. The fraction of sp³-hybridized carbons (Fsp3) is 0.923. The fourth-order valence-corrected chi connectivity index (χ4v) is 2.24. The second kappa shape index (κ2) is 6.84. The molecule has 100 valence electrons. The number of carbonyl (C=O) groups excluding carboxylic acids is 1. The fourth-order valence-electron chi connectivity index (χ4n) is 2.24. The van der Waals surface area contributed by atoms with Crippen molar-refractivity contribution in [2.24, 2.45) is 5.92 Å². The highest BCUT2D eigenvalue weighted by atomic mass is 16.5. The van der Waals surface area contributed by atoms with Crippen LogP contribution in [0.2, 0.25) is 0 Å². The van der Waals surface area contributed by atoms with Crippen LogP contribution in [0, 0.1) is 5.92 Å². The molecule has 2 fully saturated rings. The van der Waals surface area contributed by atoms with Gasteiger partial charge in [0.1, 0.15) is 0 Å². The Hall–Kier alpha value is -0.770. The highest BCUT2D eigenvalue weighted by Crippen LogP contribution is 2.20. The Labute approximate surface area is 105 Å². The SMILES string of the molecule is CC.CCOC1CN(C(=O)N2CCC(C)C2)C1. The van der Waals surface area contributed by atoms with Crippen LogP contribution in [-0.4, -0.2) is 54.7 Å². The first-order valence-electron chi connectivity index (χ1n) is 6.86. The van der Waals surface area contributed by atoms with Gasteiger partial charge >= 0.3 is 6.03 Å². The van der Waals surface area contributed by atoms with Crippen molar-refractivity contribution in [1.82, 2.24) is 9.80 Å². The van der Waals surface area contributed by atoms with E-state index >= 15 is 0 Å². The van der Waals surface area contributed by atoms with E-state index in [1.54, 1.807) is 0 Å². The van der Waals surface area contributed by atoms with Gasteiger partial charge in [-0.2, -0.15) is 0 Å². The minimum absolute atomic E-state index is 0.204. The third kappa shape index (κ3) is 3.60. The first-order chi connectivity index (χ1) is 8.20. The standard InChI is InChI=1S/C11H20N2O2.C2H6/c1-3-15-10-7-13(8-10)11(14)12-5-4-9(2)6-12;1-2/h9-10H,3-8H2,1-2H3;1-2H3. The lowest BCUT2D eigenvalue weighted by Crippen LogP contribution is -2.58. The lowest BCUT2D eigenvalue weighted by molar-refractivity contribution is -0.0352. The molecule has 0 aromatic carbocycles. The molecule has 1 atom stereocenters. The Morgan fingerprint density at radius 1 is 1.24 bits per heavy atom. The number of likely N-dealkylation sites (tertiary alicyclic amines) is 2. The Kier molecular flexibility index (Phi) is 5.75. The van der Waals surface area contributed by atoms with E-state index in [9.17, 15) is 4.79 Å². The summed E-state index contributed by atoms with van der Waals surface area (Å²) in [6.45, 7) is 12.3. The maximum absolute atomic E-state index is 11.9. The Bertz CT molecular complexity index is 240. The van der Waals surface area contributed by atoms with Crippen LogP contribution in [0.25, 0.3) is 0 Å². The molecular weight excluding hydrogens is 216 g/mol. The van der Waals surface area contributed by atoms with Gasteiger partial charge in [-0.25, -0.2) is 4.79 Å². The van der Waals surface area contributed by atoms with Crippen molar-refractivity contribution in [2.75, 3.05) is 32.8 Å². The van der Waals surface area contributed by atoms with Gasteiger partial charge in [-0.15, -0.1) is 0 Å². The normalized spacial score (nSPS) is 24.1. The minimum atomic E-state index is 0.204. The summed E-state index contributed by atoms with van der Waals surface area (Å²) in [4.78, 5) is 15.8. The molecule has 0 radical (unpaired) electrons. The summed E-state index contributed by atoms with van der Waals surface area (Å²) in [6.07, 6.45) is 1.42. The van der Waals surface area contributed by atoms with Crippen LogP contribution in [0.5, 0.6) is 0 Å². The van der Waals surface area contributed by atoms with Crippen LogP contribution in [-0.2, 0) is 4.74 Å². The number of amides is 2. The summed E-state index contributed by atoms with van der Waals surface area (Å²) in [5.74, 6) is 0.665. The van der Waals surface area contributed by atoms with Crippen molar-refractivity contribution in [1.29, 1.82) is 0 Å². The number of urea groups is 1. The maximum atomic E-state index is 11.9. The molecule has 4 heteroatoms.